The third-order valence-electron chi connectivity index (χ3n) is 5.56. The second kappa shape index (κ2) is 8.29. The number of amides is 1. The minimum Gasteiger partial charge on any atom is -0.370 e. The maximum atomic E-state index is 13.9. The zero-order valence-electron chi connectivity index (χ0n) is 16.5. The molecule has 1 N–H and O–H groups in total. The van der Waals surface area contributed by atoms with Gasteiger partial charge in [-0.1, -0.05) is 17.7 Å². The average Bonchev–Trinajstić information content (AvgIpc) is 2.75. The predicted molar refractivity (Wildman–Crippen MR) is 116 cm³/mol. The van der Waals surface area contributed by atoms with Crippen molar-refractivity contribution in [2.45, 2.75) is 19.8 Å². The van der Waals surface area contributed by atoms with E-state index in [1.54, 1.807) is 18.2 Å². The highest BCUT2D eigenvalue weighted by Gasteiger charge is 2.27. The van der Waals surface area contributed by atoms with Crippen LogP contribution in [0.25, 0.3) is 10.9 Å². The third-order valence-corrected chi connectivity index (χ3v) is 5.80. The molecule has 5 nitrogen and oxygen atoms in total. The molecule has 1 saturated heterocycles. The second-order valence-corrected chi connectivity index (χ2v) is 7.94. The fourth-order valence-electron chi connectivity index (χ4n) is 3.90. The summed E-state index contributed by atoms with van der Waals surface area (Å²) in [6.07, 6.45) is 2.79. The summed E-state index contributed by atoms with van der Waals surface area (Å²) in [6, 6.07) is 12.0. The zero-order valence-corrected chi connectivity index (χ0v) is 17.2. The maximum absolute atomic E-state index is 13.9. The van der Waals surface area contributed by atoms with Gasteiger partial charge in [0.1, 0.15) is 11.9 Å². The number of carbonyl (C=O) groups excluding carboxylic acids is 1. The van der Waals surface area contributed by atoms with Crippen LogP contribution in [0.1, 0.15) is 24.0 Å². The predicted octanol–water partition coefficient (Wildman–Crippen LogP) is 5.06. The topological polar surface area (TPSA) is 69.0 Å². The van der Waals surface area contributed by atoms with Crippen LogP contribution in [0.4, 0.5) is 15.8 Å². The Kier molecular flexibility index (Phi) is 5.56. The Bertz CT molecular complexity index is 1170. The number of hydrogen-bond acceptors (Lipinski definition) is 4. The van der Waals surface area contributed by atoms with E-state index in [9.17, 15) is 14.4 Å². The molecule has 1 fully saturated rings. The molecular weight excluding hydrogens is 403 g/mol. The molecule has 1 aliphatic rings. The standard InChI is InChI=1S/C23H20ClFN4O/c1-14-2-3-17(24)10-21(14)28-23(30)15-6-8-29(9-7-15)22-16(12-26)13-27-20-5-4-18(25)11-19(20)22/h2-5,10-11,13,15H,6-9H2,1H3,(H,28,30). The molecule has 2 aromatic carbocycles. The van der Waals surface area contributed by atoms with Crippen LogP contribution in [0, 0.1) is 30.0 Å². The molecule has 3 aromatic rings. The van der Waals surface area contributed by atoms with Crippen molar-refractivity contribution in [1.29, 1.82) is 5.26 Å². The van der Waals surface area contributed by atoms with Gasteiger partial charge in [0.2, 0.25) is 5.91 Å². The Balaban J connectivity index is 1.52. The van der Waals surface area contributed by atoms with Crippen LogP contribution in [-0.2, 0) is 4.79 Å². The summed E-state index contributed by atoms with van der Waals surface area (Å²) in [7, 11) is 0. The minimum absolute atomic E-state index is 0.0360. The highest BCUT2D eigenvalue weighted by atomic mass is 35.5. The van der Waals surface area contributed by atoms with Crippen molar-refractivity contribution in [2.75, 3.05) is 23.3 Å². The highest BCUT2D eigenvalue weighted by Crippen LogP contribution is 2.33. The van der Waals surface area contributed by atoms with Crippen molar-refractivity contribution >= 4 is 39.8 Å². The van der Waals surface area contributed by atoms with Crippen LogP contribution in [0.5, 0.6) is 0 Å². The fourth-order valence-corrected chi connectivity index (χ4v) is 4.07. The molecule has 0 radical (unpaired) electrons. The molecule has 1 aliphatic heterocycles. The lowest BCUT2D eigenvalue weighted by molar-refractivity contribution is -0.120. The van der Waals surface area contributed by atoms with Gasteiger partial charge in [-0.25, -0.2) is 4.39 Å². The van der Waals surface area contributed by atoms with E-state index in [2.05, 4.69) is 21.3 Å². The van der Waals surface area contributed by atoms with Gasteiger partial charge in [0.25, 0.3) is 0 Å². The lowest BCUT2D eigenvalue weighted by Gasteiger charge is -2.34. The van der Waals surface area contributed by atoms with Crippen LogP contribution in [0.2, 0.25) is 5.02 Å². The van der Waals surface area contributed by atoms with Crippen molar-refractivity contribution in [3.63, 3.8) is 0 Å². The summed E-state index contributed by atoms with van der Waals surface area (Å²) < 4.78 is 13.9. The monoisotopic (exact) mass is 422 g/mol. The number of nitriles is 1. The molecule has 30 heavy (non-hydrogen) atoms. The first-order valence-electron chi connectivity index (χ1n) is 9.76. The molecule has 1 amide bonds. The third kappa shape index (κ3) is 3.94. The van der Waals surface area contributed by atoms with Crippen molar-refractivity contribution in [3.8, 4) is 6.07 Å². The lowest BCUT2D eigenvalue weighted by atomic mass is 9.94. The number of hydrogen-bond donors (Lipinski definition) is 1. The molecule has 4 rings (SSSR count). The molecule has 2 heterocycles. The van der Waals surface area contributed by atoms with Crippen LogP contribution in [0.15, 0.2) is 42.6 Å². The number of aromatic nitrogens is 1. The van der Waals surface area contributed by atoms with Gasteiger partial charge in [-0.3, -0.25) is 9.78 Å². The molecule has 152 valence electrons. The molecule has 1 aromatic heterocycles. The molecule has 0 bridgehead atoms. The summed E-state index contributed by atoms with van der Waals surface area (Å²) in [5.41, 5.74) is 3.41. The van der Waals surface area contributed by atoms with Gasteiger partial charge in [0.05, 0.1) is 16.8 Å². The number of piperidine rings is 1. The van der Waals surface area contributed by atoms with E-state index in [0.29, 0.717) is 53.1 Å². The number of anilines is 2. The van der Waals surface area contributed by atoms with E-state index < -0.39 is 0 Å². The molecule has 0 saturated carbocycles. The highest BCUT2D eigenvalue weighted by molar-refractivity contribution is 6.31. The quantitative estimate of drug-likeness (QED) is 0.640. The molecule has 0 aliphatic carbocycles. The Morgan fingerprint density at radius 3 is 2.77 bits per heavy atom. The summed E-state index contributed by atoms with van der Waals surface area (Å²) in [5.74, 6) is -0.548. The second-order valence-electron chi connectivity index (χ2n) is 7.50. The summed E-state index contributed by atoms with van der Waals surface area (Å²) in [5, 5.41) is 13.7. The van der Waals surface area contributed by atoms with E-state index in [0.717, 1.165) is 11.3 Å². The van der Waals surface area contributed by atoms with Crippen molar-refractivity contribution in [1.82, 2.24) is 4.98 Å². The van der Waals surface area contributed by atoms with Crippen LogP contribution in [-0.4, -0.2) is 24.0 Å². The van der Waals surface area contributed by atoms with Crippen LogP contribution in [0.3, 0.4) is 0 Å². The number of nitrogens with zero attached hydrogens (tertiary/aromatic N) is 3. The molecule has 7 heteroatoms. The van der Waals surface area contributed by atoms with Gasteiger partial charge < -0.3 is 10.2 Å². The first-order chi connectivity index (χ1) is 14.5. The number of carbonyl (C=O) groups is 1. The number of pyridine rings is 1. The van der Waals surface area contributed by atoms with E-state index in [1.165, 1.54) is 18.3 Å². The van der Waals surface area contributed by atoms with Crippen molar-refractivity contribution in [3.05, 3.63) is 64.6 Å². The number of fused-ring (bicyclic) bond motifs is 1. The maximum Gasteiger partial charge on any atom is 0.227 e. The summed E-state index contributed by atoms with van der Waals surface area (Å²) >= 11 is 6.04. The van der Waals surface area contributed by atoms with Gasteiger partial charge in [-0.2, -0.15) is 5.26 Å². The summed E-state index contributed by atoms with van der Waals surface area (Å²) in [4.78, 5) is 19.1. The molecule has 0 unspecified atom stereocenters. The Labute approximate surface area is 179 Å². The Morgan fingerprint density at radius 2 is 2.03 bits per heavy atom. The smallest absolute Gasteiger partial charge is 0.227 e. The Morgan fingerprint density at radius 1 is 1.27 bits per heavy atom. The fraction of sp³-hybridized carbons (Fsp3) is 0.261. The number of benzene rings is 2. The normalized spacial score (nSPS) is 14.5. The SMILES string of the molecule is Cc1ccc(Cl)cc1NC(=O)C1CCN(c2c(C#N)cnc3ccc(F)cc23)CC1. The van der Waals surface area contributed by atoms with Gasteiger partial charge in [-0.05, 0) is 55.7 Å². The molecule has 0 spiro atoms. The average molecular weight is 423 g/mol. The van der Waals surface area contributed by atoms with E-state index in [1.807, 2.05) is 13.0 Å². The molecule has 0 atom stereocenters. The van der Waals surface area contributed by atoms with Crippen LogP contribution < -0.4 is 10.2 Å². The number of aryl methyl sites for hydroxylation is 1. The summed E-state index contributed by atoms with van der Waals surface area (Å²) in [6.45, 7) is 3.11. The minimum atomic E-state index is -0.369. The van der Waals surface area contributed by atoms with E-state index >= 15 is 0 Å². The van der Waals surface area contributed by atoms with E-state index in [-0.39, 0.29) is 17.6 Å². The van der Waals surface area contributed by atoms with Gasteiger partial charge in [0, 0.05) is 41.3 Å². The van der Waals surface area contributed by atoms with Gasteiger partial charge in [0.15, 0.2) is 0 Å². The first-order valence-corrected chi connectivity index (χ1v) is 10.1. The number of halogens is 2. The lowest BCUT2D eigenvalue weighted by Crippen LogP contribution is -2.38. The van der Waals surface area contributed by atoms with Gasteiger partial charge >= 0.3 is 0 Å². The van der Waals surface area contributed by atoms with Crippen molar-refractivity contribution < 1.29 is 9.18 Å². The largest absolute Gasteiger partial charge is 0.370 e. The van der Waals surface area contributed by atoms with Gasteiger partial charge in [-0.15, -0.1) is 0 Å². The van der Waals surface area contributed by atoms with Crippen LogP contribution >= 0.6 is 11.6 Å². The molecular formula is C23H20ClFN4O. The van der Waals surface area contributed by atoms with Crippen molar-refractivity contribution in [2.24, 2.45) is 5.92 Å². The Hall–Kier alpha value is -3.17. The number of nitrogens with one attached hydrogen (secondary N) is 1. The number of rotatable bonds is 3. The first kappa shape index (κ1) is 20.1. The zero-order chi connectivity index (χ0) is 21.3. The van der Waals surface area contributed by atoms with E-state index in [4.69, 9.17) is 11.6 Å².